The fourth-order valence-corrected chi connectivity index (χ4v) is 3.03. The highest BCUT2D eigenvalue weighted by molar-refractivity contribution is 9.10. The lowest BCUT2D eigenvalue weighted by molar-refractivity contribution is -0.384. The molecule has 0 N–H and O–H groups in total. The van der Waals surface area contributed by atoms with Crippen molar-refractivity contribution in [1.29, 1.82) is 0 Å². The summed E-state index contributed by atoms with van der Waals surface area (Å²) in [6.07, 6.45) is 2.64. The third-order valence-corrected chi connectivity index (χ3v) is 4.35. The van der Waals surface area contributed by atoms with Gasteiger partial charge in [-0.25, -0.2) is 0 Å². The van der Waals surface area contributed by atoms with Gasteiger partial charge in [0.25, 0.3) is 5.69 Å². The Kier molecular flexibility index (Phi) is 3.45. The monoisotopic (exact) mass is 325 g/mol. The van der Waals surface area contributed by atoms with Gasteiger partial charge in [-0.05, 0) is 25.0 Å². The van der Waals surface area contributed by atoms with Crippen LogP contribution in [0.2, 0.25) is 0 Å². The fraction of sp³-hybridized carbons (Fsp3) is 0.538. The molecule has 1 aromatic carbocycles. The van der Waals surface area contributed by atoms with Gasteiger partial charge in [-0.2, -0.15) is 0 Å². The van der Waals surface area contributed by atoms with Gasteiger partial charge < -0.3 is 4.90 Å². The molecule has 6 heteroatoms. The second kappa shape index (κ2) is 5.09. The van der Waals surface area contributed by atoms with Crippen LogP contribution in [-0.2, 0) is 0 Å². The zero-order chi connectivity index (χ0) is 13.4. The van der Waals surface area contributed by atoms with E-state index in [1.165, 1.54) is 12.8 Å². The highest BCUT2D eigenvalue weighted by atomic mass is 79.9. The molecule has 1 saturated carbocycles. The maximum Gasteiger partial charge on any atom is 0.293 e. The summed E-state index contributed by atoms with van der Waals surface area (Å²) in [5, 5.41) is 11.1. The van der Waals surface area contributed by atoms with Crippen molar-refractivity contribution in [1.82, 2.24) is 4.90 Å². The molecule has 0 amide bonds. The lowest BCUT2D eigenvalue weighted by Gasteiger charge is -2.35. The first-order valence-electron chi connectivity index (χ1n) is 6.58. The summed E-state index contributed by atoms with van der Waals surface area (Å²) in [6, 6.07) is 6.08. The molecule has 1 saturated heterocycles. The van der Waals surface area contributed by atoms with E-state index in [2.05, 4.69) is 25.7 Å². The van der Waals surface area contributed by atoms with Crippen LogP contribution in [0, 0.1) is 10.1 Å². The summed E-state index contributed by atoms with van der Waals surface area (Å²) in [5.41, 5.74) is 0.929. The van der Waals surface area contributed by atoms with Crippen LogP contribution in [0.15, 0.2) is 22.7 Å². The Morgan fingerprint density at radius 3 is 2.47 bits per heavy atom. The summed E-state index contributed by atoms with van der Waals surface area (Å²) < 4.78 is 0.750. The topological polar surface area (TPSA) is 49.6 Å². The molecule has 1 heterocycles. The van der Waals surface area contributed by atoms with Crippen LogP contribution in [0.1, 0.15) is 12.8 Å². The van der Waals surface area contributed by atoms with Crippen molar-refractivity contribution < 1.29 is 4.92 Å². The number of hydrogen-bond donors (Lipinski definition) is 0. The minimum atomic E-state index is -0.298. The second-order valence-corrected chi connectivity index (χ2v) is 6.06. The van der Waals surface area contributed by atoms with Crippen LogP contribution in [0.4, 0.5) is 11.4 Å². The van der Waals surface area contributed by atoms with E-state index in [9.17, 15) is 10.1 Å². The quantitative estimate of drug-likeness (QED) is 0.633. The summed E-state index contributed by atoms with van der Waals surface area (Å²) in [5.74, 6) is 0. The van der Waals surface area contributed by atoms with Crippen LogP contribution < -0.4 is 4.90 Å². The Labute approximate surface area is 120 Å². The Hall–Kier alpha value is -1.14. The molecule has 1 aliphatic heterocycles. The molecule has 102 valence electrons. The number of benzene rings is 1. The lowest BCUT2D eigenvalue weighted by Crippen LogP contribution is -2.47. The van der Waals surface area contributed by atoms with Crippen LogP contribution in [0.25, 0.3) is 0 Å². The molecule has 19 heavy (non-hydrogen) atoms. The van der Waals surface area contributed by atoms with Gasteiger partial charge in [-0.1, -0.05) is 15.9 Å². The Balaban J connectivity index is 1.77. The molecule has 3 rings (SSSR count). The van der Waals surface area contributed by atoms with Gasteiger partial charge in [0, 0.05) is 42.8 Å². The zero-order valence-corrected chi connectivity index (χ0v) is 12.2. The Morgan fingerprint density at radius 1 is 1.21 bits per heavy atom. The third kappa shape index (κ3) is 2.74. The first kappa shape index (κ1) is 12.9. The smallest absolute Gasteiger partial charge is 0.293 e. The molecule has 0 aromatic heterocycles. The van der Waals surface area contributed by atoms with Gasteiger partial charge in [0.05, 0.1) is 4.92 Å². The van der Waals surface area contributed by atoms with Crippen LogP contribution in [-0.4, -0.2) is 42.0 Å². The van der Waals surface area contributed by atoms with E-state index in [0.717, 1.165) is 42.4 Å². The fourth-order valence-electron chi connectivity index (χ4n) is 2.68. The van der Waals surface area contributed by atoms with E-state index in [0.29, 0.717) is 0 Å². The van der Waals surface area contributed by atoms with Gasteiger partial charge >= 0.3 is 0 Å². The minimum Gasteiger partial charge on any atom is -0.363 e. The molecular formula is C13H16BrN3O2. The highest BCUT2D eigenvalue weighted by Crippen LogP contribution is 2.33. The number of piperazine rings is 1. The van der Waals surface area contributed by atoms with Crippen molar-refractivity contribution >= 4 is 27.3 Å². The molecule has 0 bridgehead atoms. The maximum absolute atomic E-state index is 11.1. The van der Waals surface area contributed by atoms with E-state index in [1.807, 2.05) is 12.1 Å². The summed E-state index contributed by atoms with van der Waals surface area (Å²) >= 11 is 3.29. The Bertz CT molecular complexity index is 497. The van der Waals surface area contributed by atoms with Gasteiger partial charge in [0.1, 0.15) is 5.69 Å². The van der Waals surface area contributed by atoms with E-state index >= 15 is 0 Å². The predicted molar refractivity (Wildman–Crippen MR) is 77.6 cm³/mol. The van der Waals surface area contributed by atoms with E-state index < -0.39 is 0 Å². The summed E-state index contributed by atoms with van der Waals surface area (Å²) in [6.45, 7) is 3.77. The normalized spacial score (nSPS) is 20.6. The van der Waals surface area contributed by atoms with Crippen molar-refractivity contribution in [3.05, 3.63) is 32.8 Å². The van der Waals surface area contributed by atoms with E-state index in [-0.39, 0.29) is 10.6 Å². The SMILES string of the molecule is O=[N+]([O-])c1cc(Br)ccc1N1CCN(C2CC2)CC1. The molecule has 1 aromatic rings. The van der Waals surface area contributed by atoms with Crippen molar-refractivity contribution in [3.63, 3.8) is 0 Å². The predicted octanol–water partition coefficient (Wildman–Crippen LogP) is 2.64. The number of anilines is 1. The second-order valence-electron chi connectivity index (χ2n) is 5.14. The molecule has 0 atom stereocenters. The molecule has 5 nitrogen and oxygen atoms in total. The summed E-state index contributed by atoms with van der Waals surface area (Å²) in [7, 11) is 0. The van der Waals surface area contributed by atoms with Crippen LogP contribution in [0.5, 0.6) is 0 Å². The highest BCUT2D eigenvalue weighted by Gasteiger charge is 2.32. The maximum atomic E-state index is 11.1. The van der Waals surface area contributed by atoms with Gasteiger partial charge in [0.2, 0.25) is 0 Å². The van der Waals surface area contributed by atoms with Gasteiger partial charge in [-0.3, -0.25) is 15.0 Å². The zero-order valence-electron chi connectivity index (χ0n) is 10.6. The number of hydrogen-bond acceptors (Lipinski definition) is 4. The third-order valence-electron chi connectivity index (χ3n) is 3.85. The summed E-state index contributed by atoms with van der Waals surface area (Å²) in [4.78, 5) is 15.5. The average molecular weight is 326 g/mol. The van der Waals surface area contributed by atoms with Crippen molar-refractivity contribution in [2.45, 2.75) is 18.9 Å². The number of rotatable bonds is 3. The number of halogens is 1. The largest absolute Gasteiger partial charge is 0.363 e. The number of nitrogens with zero attached hydrogens (tertiary/aromatic N) is 3. The van der Waals surface area contributed by atoms with Crippen LogP contribution in [0.3, 0.4) is 0 Å². The lowest BCUT2D eigenvalue weighted by atomic mass is 10.2. The van der Waals surface area contributed by atoms with Gasteiger partial charge in [0.15, 0.2) is 0 Å². The standard InChI is InChI=1S/C13H16BrN3O2/c14-10-1-4-12(13(9-10)17(18)19)16-7-5-15(6-8-16)11-2-3-11/h1,4,9,11H,2-3,5-8H2. The Morgan fingerprint density at radius 2 is 1.89 bits per heavy atom. The van der Waals surface area contributed by atoms with E-state index in [4.69, 9.17) is 0 Å². The number of nitro benzene ring substituents is 1. The molecule has 0 radical (unpaired) electrons. The first-order chi connectivity index (χ1) is 9.15. The minimum absolute atomic E-state index is 0.189. The molecular weight excluding hydrogens is 310 g/mol. The van der Waals surface area contributed by atoms with Crippen LogP contribution >= 0.6 is 15.9 Å². The average Bonchev–Trinajstić information content (AvgIpc) is 3.23. The van der Waals surface area contributed by atoms with Crippen molar-refractivity contribution in [3.8, 4) is 0 Å². The molecule has 2 aliphatic rings. The molecule has 2 fully saturated rings. The van der Waals surface area contributed by atoms with Gasteiger partial charge in [-0.15, -0.1) is 0 Å². The molecule has 0 spiro atoms. The van der Waals surface area contributed by atoms with Crippen molar-refractivity contribution in [2.24, 2.45) is 0 Å². The van der Waals surface area contributed by atoms with E-state index in [1.54, 1.807) is 6.07 Å². The van der Waals surface area contributed by atoms with Crippen molar-refractivity contribution in [2.75, 3.05) is 31.1 Å². The molecule has 0 unspecified atom stereocenters. The first-order valence-corrected chi connectivity index (χ1v) is 7.37. The number of nitro groups is 1. The molecule has 1 aliphatic carbocycles.